The van der Waals surface area contributed by atoms with Crippen LogP contribution in [0, 0.1) is 5.92 Å². The number of rotatable bonds is 4. The molecular formula is C7H12Br3F. The van der Waals surface area contributed by atoms with Crippen molar-refractivity contribution in [1.29, 1.82) is 0 Å². The van der Waals surface area contributed by atoms with Crippen LogP contribution in [0.3, 0.4) is 0 Å². The van der Waals surface area contributed by atoms with Crippen LogP contribution in [-0.4, -0.2) is 8.31 Å². The van der Waals surface area contributed by atoms with Crippen LogP contribution >= 0.6 is 47.8 Å². The summed E-state index contributed by atoms with van der Waals surface area (Å²) in [5, 5.41) is 0. The van der Waals surface area contributed by atoms with Gasteiger partial charge in [-0.25, -0.2) is 4.39 Å². The molecule has 0 aromatic rings. The molecule has 68 valence electrons. The second kappa shape index (κ2) is 5.18. The van der Waals surface area contributed by atoms with Gasteiger partial charge in [-0.1, -0.05) is 29.8 Å². The van der Waals surface area contributed by atoms with Crippen LogP contribution in [0.15, 0.2) is 0 Å². The van der Waals surface area contributed by atoms with E-state index in [1.54, 1.807) is 0 Å². The second-order valence-electron chi connectivity index (χ2n) is 2.48. The third-order valence-corrected chi connectivity index (χ3v) is 4.15. The summed E-state index contributed by atoms with van der Waals surface area (Å²) in [6, 6.07) is 0. The lowest BCUT2D eigenvalue weighted by molar-refractivity contribution is 0.289. The van der Waals surface area contributed by atoms with Crippen LogP contribution in [0.4, 0.5) is 4.39 Å². The molecule has 0 saturated carbocycles. The van der Waals surface area contributed by atoms with Crippen molar-refractivity contribution in [3.8, 4) is 0 Å². The lowest BCUT2D eigenvalue weighted by Crippen LogP contribution is -2.26. The lowest BCUT2D eigenvalue weighted by Gasteiger charge is -2.26. The zero-order chi connectivity index (χ0) is 9.07. The Hall–Kier alpha value is 1.37. The van der Waals surface area contributed by atoms with E-state index in [9.17, 15) is 4.39 Å². The van der Waals surface area contributed by atoms with Crippen LogP contribution in [0.2, 0.25) is 0 Å². The first-order chi connectivity index (χ1) is 4.93. The first-order valence-electron chi connectivity index (χ1n) is 3.64. The van der Waals surface area contributed by atoms with E-state index in [0.29, 0.717) is 0 Å². The summed E-state index contributed by atoms with van der Waals surface area (Å²) in [5.41, 5.74) is 0. The molecule has 0 heterocycles. The fourth-order valence-corrected chi connectivity index (χ4v) is 3.71. The maximum Gasteiger partial charge on any atom is 0.222 e. The molecule has 0 N–H and O–H groups in total. The number of hydrogen-bond acceptors (Lipinski definition) is 0. The molecule has 0 nitrogen and oxygen atoms in total. The summed E-state index contributed by atoms with van der Waals surface area (Å²) in [5.74, 6) is -0.0347. The molecule has 0 saturated heterocycles. The highest BCUT2D eigenvalue weighted by atomic mass is 79.9. The molecule has 0 unspecified atom stereocenters. The highest BCUT2D eigenvalue weighted by Crippen LogP contribution is 2.42. The molecule has 0 rings (SSSR count). The number of alkyl halides is 4. The molecule has 0 aliphatic rings. The lowest BCUT2D eigenvalue weighted by atomic mass is 10.0. The normalized spacial score (nSPS) is 18.0. The third-order valence-electron chi connectivity index (χ3n) is 1.69. The van der Waals surface area contributed by atoms with Gasteiger partial charge in [-0.15, -0.1) is 0 Å². The highest BCUT2D eigenvalue weighted by molar-refractivity contribution is 9.25. The fourth-order valence-electron chi connectivity index (χ4n) is 0.977. The summed E-state index contributed by atoms with van der Waals surface area (Å²) >= 11 is 9.37. The van der Waals surface area contributed by atoms with Gasteiger partial charge in [0.05, 0.1) is 0 Å². The molecule has 2 atom stereocenters. The van der Waals surface area contributed by atoms with Gasteiger partial charge in [-0.2, -0.15) is 0 Å². The summed E-state index contributed by atoms with van der Waals surface area (Å²) in [6.45, 7) is 4.01. The first kappa shape index (κ1) is 12.4. The Morgan fingerprint density at radius 1 is 1.27 bits per heavy atom. The predicted molar refractivity (Wildman–Crippen MR) is 58.5 cm³/mol. The Labute approximate surface area is 92.7 Å². The van der Waals surface area contributed by atoms with Crippen molar-refractivity contribution in [2.75, 3.05) is 0 Å². The molecule has 0 amide bonds. The highest BCUT2D eigenvalue weighted by Gasteiger charge is 2.35. The summed E-state index contributed by atoms with van der Waals surface area (Å²) in [4.78, 5) is 0.219. The topological polar surface area (TPSA) is 0 Å². The van der Waals surface area contributed by atoms with Crippen LogP contribution < -0.4 is 0 Å². The van der Waals surface area contributed by atoms with Gasteiger partial charge in [-0.05, 0) is 44.7 Å². The molecule has 0 spiro atoms. The molecule has 0 aromatic heterocycles. The summed E-state index contributed by atoms with van der Waals surface area (Å²) in [6.07, 6.45) is 1.73. The van der Waals surface area contributed by atoms with Crippen LogP contribution in [0.1, 0.15) is 26.7 Å². The zero-order valence-corrected chi connectivity index (χ0v) is 11.3. The predicted octanol–water partition coefficient (Wildman–Crippen LogP) is 4.60. The number of hydrogen-bond donors (Lipinski definition) is 0. The molecule has 0 aliphatic heterocycles. The Kier molecular flexibility index (Phi) is 5.82. The van der Waals surface area contributed by atoms with Gasteiger partial charge in [0, 0.05) is 10.7 Å². The van der Waals surface area contributed by atoms with E-state index in [2.05, 4.69) is 47.8 Å². The minimum absolute atomic E-state index is 0.0347. The Morgan fingerprint density at radius 2 is 1.73 bits per heavy atom. The van der Waals surface area contributed by atoms with Crippen molar-refractivity contribution < 1.29 is 4.39 Å². The Morgan fingerprint density at radius 3 is 1.82 bits per heavy atom. The average molecular weight is 355 g/mol. The average Bonchev–Trinajstić information content (AvgIpc) is 1.86. The van der Waals surface area contributed by atoms with E-state index in [-0.39, 0.29) is 10.7 Å². The molecule has 0 bridgehead atoms. The molecule has 0 radical (unpaired) electrons. The summed E-state index contributed by atoms with van der Waals surface area (Å²) in [7, 11) is 0. The molecule has 11 heavy (non-hydrogen) atoms. The Balaban J connectivity index is 4.16. The molecule has 4 heteroatoms. The first-order valence-corrected chi connectivity index (χ1v) is 6.14. The SMILES string of the molecule is CC[C@H](Br)[C@H](CC)C(F)(Br)Br. The van der Waals surface area contributed by atoms with E-state index in [1.807, 2.05) is 13.8 Å². The van der Waals surface area contributed by atoms with Crippen molar-refractivity contribution in [3.63, 3.8) is 0 Å². The van der Waals surface area contributed by atoms with Gasteiger partial charge in [-0.3, -0.25) is 0 Å². The van der Waals surface area contributed by atoms with Gasteiger partial charge in [0.25, 0.3) is 0 Å². The largest absolute Gasteiger partial charge is 0.222 e. The van der Waals surface area contributed by atoms with Crippen LogP contribution in [0.25, 0.3) is 0 Å². The van der Waals surface area contributed by atoms with Gasteiger partial charge in [0.2, 0.25) is 3.49 Å². The smallest absolute Gasteiger partial charge is 0.218 e. The van der Waals surface area contributed by atoms with E-state index in [0.717, 1.165) is 12.8 Å². The van der Waals surface area contributed by atoms with Gasteiger partial charge < -0.3 is 0 Å². The van der Waals surface area contributed by atoms with Crippen molar-refractivity contribution in [1.82, 2.24) is 0 Å². The number of halogens is 4. The maximum absolute atomic E-state index is 13.3. The maximum atomic E-state index is 13.3. The minimum atomic E-state index is -1.43. The van der Waals surface area contributed by atoms with Crippen molar-refractivity contribution >= 4 is 47.8 Å². The third kappa shape index (κ3) is 4.23. The van der Waals surface area contributed by atoms with Gasteiger partial charge in [0.15, 0.2) is 0 Å². The van der Waals surface area contributed by atoms with Crippen LogP contribution in [-0.2, 0) is 0 Å². The van der Waals surface area contributed by atoms with E-state index in [4.69, 9.17) is 0 Å². The second-order valence-corrected chi connectivity index (χ2v) is 7.03. The Bertz CT molecular complexity index is 111. The quantitative estimate of drug-likeness (QED) is 0.647. The van der Waals surface area contributed by atoms with Crippen LogP contribution in [0.5, 0.6) is 0 Å². The fraction of sp³-hybridized carbons (Fsp3) is 1.00. The summed E-state index contributed by atoms with van der Waals surface area (Å²) < 4.78 is 11.9. The van der Waals surface area contributed by atoms with Gasteiger partial charge in [0.1, 0.15) is 0 Å². The van der Waals surface area contributed by atoms with E-state index in [1.165, 1.54) is 0 Å². The van der Waals surface area contributed by atoms with Crippen molar-refractivity contribution in [2.45, 2.75) is 35.0 Å². The molecule has 0 fully saturated rings. The standard InChI is InChI=1S/C7H12Br3F/c1-3-5(6(8)4-2)7(9,10)11/h5-6H,3-4H2,1-2H3/t5-,6-/m0/s1. The monoisotopic (exact) mass is 352 g/mol. The molecule has 0 aliphatic carbocycles. The minimum Gasteiger partial charge on any atom is -0.218 e. The van der Waals surface area contributed by atoms with E-state index >= 15 is 0 Å². The van der Waals surface area contributed by atoms with Crippen molar-refractivity contribution in [3.05, 3.63) is 0 Å². The molecular weight excluding hydrogens is 343 g/mol. The van der Waals surface area contributed by atoms with E-state index < -0.39 is 3.49 Å². The zero-order valence-electron chi connectivity index (χ0n) is 6.58. The molecule has 0 aromatic carbocycles. The van der Waals surface area contributed by atoms with Gasteiger partial charge >= 0.3 is 0 Å². The van der Waals surface area contributed by atoms with Crippen molar-refractivity contribution in [2.24, 2.45) is 5.92 Å².